The molecule has 0 aliphatic heterocycles. The minimum atomic E-state index is -0.207. The summed E-state index contributed by atoms with van der Waals surface area (Å²) in [5, 5.41) is 4.23. The third kappa shape index (κ3) is 3.91. The SMILES string of the molecule is CC.CC.Fc1ccc2c(ccc3c(-c4ccccc4)c(S)ccc32)c1. The summed E-state index contributed by atoms with van der Waals surface area (Å²) in [6.45, 7) is 8.00. The molecule has 4 aromatic rings. The first-order chi connectivity index (χ1) is 12.7. The van der Waals surface area contributed by atoms with E-state index in [0.717, 1.165) is 37.6 Å². The Balaban J connectivity index is 0.000000570. The molecule has 0 saturated carbocycles. The van der Waals surface area contributed by atoms with E-state index in [1.54, 1.807) is 6.07 Å². The fourth-order valence-electron chi connectivity index (χ4n) is 3.01. The molecule has 0 radical (unpaired) electrons. The van der Waals surface area contributed by atoms with E-state index in [9.17, 15) is 4.39 Å². The number of benzene rings is 4. The normalized spacial score (nSPS) is 9.92. The van der Waals surface area contributed by atoms with Crippen molar-refractivity contribution in [2.24, 2.45) is 0 Å². The van der Waals surface area contributed by atoms with Crippen molar-refractivity contribution >= 4 is 34.2 Å². The molecule has 0 aliphatic carbocycles. The van der Waals surface area contributed by atoms with Crippen LogP contribution >= 0.6 is 12.6 Å². The summed E-state index contributed by atoms with van der Waals surface area (Å²) in [7, 11) is 0. The van der Waals surface area contributed by atoms with Gasteiger partial charge in [0.15, 0.2) is 0 Å². The van der Waals surface area contributed by atoms with Gasteiger partial charge < -0.3 is 0 Å². The van der Waals surface area contributed by atoms with Crippen LogP contribution < -0.4 is 0 Å². The zero-order chi connectivity index (χ0) is 19.1. The topological polar surface area (TPSA) is 0 Å². The Hall–Kier alpha value is -2.32. The molecule has 0 fully saturated rings. The van der Waals surface area contributed by atoms with Gasteiger partial charge in [0.05, 0.1) is 0 Å². The smallest absolute Gasteiger partial charge is 0.123 e. The summed E-state index contributed by atoms with van der Waals surface area (Å²) < 4.78 is 13.4. The van der Waals surface area contributed by atoms with Crippen molar-refractivity contribution in [2.75, 3.05) is 0 Å². The van der Waals surface area contributed by atoms with Crippen molar-refractivity contribution in [1.29, 1.82) is 0 Å². The van der Waals surface area contributed by atoms with E-state index in [0.29, 0.717) is 0 Å². The van der Waals surface area contributed by atoms with Gasteiger partial charge in [-0.1, -0.05) is 82.3 Å². The zero-order valence-corrected chi connectivity index (χ0v) is 16.6. The summed E-state index contributed by atoms with van der Waals surface area (Å²) in [6, 6.07) is 23.3. The fraction of sp³-hybridized carbons (Fsp3) is 0.167. The molecule has 0 N–H and O–H groups in total. The first-order valence-corrected chi connectivity index (χ1v) is 9.58. The van der Waals surface area contributed by atoms with Crippen molar-refractivity contribution in [3.8, 4) is 11.1 Å². The maximum atomic E-state index is 13.4. The summed E-state index contributed by atoms with van der Waals surface area (Å²) in [6.07, 6.45) is 0. The first kappa shape index (κ1) is 20.0. The Bertz CT molecular complexity index is 991. The van der Waals surface area contributed by atoms with Crippen molar-refractivity contribution in [1.82, 2.24) is 0 Å². The Morgan fingerprint density at radius 3 is 1.96 bits per heavy atom. The lowest BCUT2D eigenvalue weighted by molar-refractivity contribution is 0.630. The van der Waals surface area contributed by atoms with Crippen LogP contribution in [0.4, 0.5) is 4.39 Å². The van der Waals surface area contributed by atoms with Crippen LogP contribution in [0.3, 0.4) is 0 Å². The van der Waals surface area contributed by atoms with Gasteiger partial charge in [-0.25, -0.2) is 4.39 Å². The van der Waals surface area contributed by atoms with E-state index >= 15 is 0 Å². The fourth-order valence-corrected chi connectivity index (χ4v) is 3.34. The molecule has 0 heterocycles. The minimum absolute atomic E-state index is 0.207. The predicted molar refractivity (Wildman–Crippen MR) is 117 cm³/mol. The lowest BCUT2D eigenvalue weighted by Gasteiger charge is -2.12. The van der Waals surface area contributed by atoms with Gasteiger partial charge in [-0.3, -0.25) is 0 Å². The van der Waals surface area contributed by atoms with Crippen LogP contribution in [-0.2, 0) is 0 Å². The third-order valence-electron chi connectivity index (χ3n) is 4.02. The number of thiol groups is 1. The third-order valence-corrected chi connectivity index (χ3v) is 4.39. The van der Waals surface area contributed by atoms with Crippen molar-refractivity contribution in [2.45, 2.75) is 32.6 Å². The van der Waals surface area contributed by atoms with Gasteiger partial charge in [0, 0.05) is 10.5 Å². The molecule has 0 saturated heterocycles. The van der Waals surface area contributed by atoms with Crippen molar-refractivity contribution < 1.29 is 4.39 Å². The molecule has 134 valence electrons. The van der Waals surface area contributed by atoms with Gasteiger partial charge >= 0.3 is 0 Å². The molecule has 0 bridgehead atoms. The van der Waals surface area contributed by atoms with E-state index in [2.05, 4.69) is 36.9 Å². The summed E-state index contributed by atoms with van der Waals surface area (Å²) in [4.78, 5) is 0.945. The molecule has 2 heteroatoms. The van der Waals surface area contributed by atoms with Gasteiger partial charge in [-0.05, 0) is 45.3 Å². The molecule has 4 rings (SSSR count). The highest BCUT2D eigenvalue weighted by molar-refractivity contribution is 7.80. The number of hydrogen-bond acceptors (Lipinski definition) is 1. The van der Waals surface area contributed by atoms with Gasteiger partial charge in [0.1, 0.15) is 5.82 Å². The van der Waals surface area contributed by atoms with Gasteiger partial charge in [0.2, 0.25) is 0 Å². The van der Waals surface area contributed by atoms with E-state index in [4.69, 9.17) is 0 Å². The number of hydrogen-bond donors (Lipinski definition) is 1. The van der Waals surface area contributed by atoms with Crippen LogP contribution in [-0.4, -0.2) is 0 Å². The molecule has 0 aliphatic rings. The molecular weight excluding hydrogens is 339 g/mol. The first-order valence-electron chi connectivity index (χ1n) is 9.13. The molecule has 0 amide bonds. The molecule has 0 atom stereocenters. The molecule has 0 aromatic heterocycles. The molecule has 0 spiro atoms. The lowest BCUT2D eigenvalue weighted by atomic mass is 9.94. The average molecular weight is 365 g/mol. The molecule has 0 nitrogen and oxygen atoms in total. The standard InChI is InChI=1S/C20H13FS.2C2H6/c21-15-7-9-16-14(12-15)6-8-18-17(16)10-11-19(22)20(18)13-4-2-1-3-5-13;2*1-2/h1-12,22H;2*1-2H3. The molecule has 4 aromatic carbocycles. The van der Waals surface area contributed by atoms with Crippen molar-refractivity contribution in [3.63, 3.8) is 0 Å². The van der Waals surface area contributed by atoms with Crippen LogP contribution in [0.5, 0.6) is 0 Å². The highest BCUT2D eigenvalue weighted by atomic mass is 32.1. The molecular formula is C24H25FS. The van der Waals surface area contributed by atoms with Gasteiger partial charge in [-0.15, -0.1) is 12.6 Å². The zero-order valence-electron chi connectivity index (χ0n) is 15.8. The van der Waals surface area contributed by atoms with E-state index in [-0.39, 0.29) is 5.82 Å². The highest BCUT2D eigenvalue weighted by Crippen LogP contribution is 2.37. The van der Waals surface area contributed by atoms with E-state index < -0.39 is 0 Å². The minimum Gasteiger partial charge on any atom is -0.207 e. The van der Waals surface area contributed by atoms with Crippen LogP contribution in [0.25, 0.3) is 32.7 Å². The van der Waals surface area contributed by atoms with Crippen LogP contribution in [0.1, 0.15) is 27.7 Å². The van der Waals surface area contributed by atoms with Gasteiger partial charge in [-0.2, -0.15) is 0 Å². The van der Waals surface area contributed by atoms with E-state index in [1.165, 1.54) is 6.07 Å². The summed E-state index contributed by atoms with van der Waals surface area (Å²) >= 11 is 4.64. The maximum absolute atomic E-state index is 13.4. The van der Waals surface area contributed by atoms with Crippen LogP contribution in [0, 0.1) is 5.82 Å². The number of rotatable bonds is 1. The van der Waals surface area contributed by atoms with Crippen LogP contribution in [0.2, 0.25) is 0 Å². The second kappa shape index (κ2) is 9.40. The largest absolute Gasteiger partial charge is 0.207 e. The Labute approximate surface area is 161 Å². The number of fused-ring (bicyclic) bond motifs is 3. The predicted octanol–water partition coefficient (Wildman–Crippen LogP) is 8.14. The maximum Gasteiger partial charge on any atom is 0.123 e. The average Bonchev–Trinajstić information content (AvgIpc) is 2.71. The summed E-state index contributed by atoms with van der Waals surface area (Å²) in [5.41, 5.74) is 2.26. The highest BCUT2D eigenvalue weighted by Gasteiger charge is 2.10. The molecule has 26 heavy (non-hydrogen) atoms. The van der Waals surface area contributed by atoms with Crippen molar-refractivity contribution in [3.05, 3.63) is 78.6 Å². The lowest BCUT2D eigenvalue weighted by Crippen LogP contribution is -1.86. The summed E-state index contributed by atoms with van der Waals surface area (Å²) in [5.74, 6) is -0.207. The Morgan fingerprint density at radius 2 is 1.27 bits per heavy atom. The quantitative estimate of drug-likeness (QED) is 0.256. The van der Waals surface area contributed by atoms with Gasteiger partial charge in [0.25, 0.3) is 0 Å². The Morgan fingerprint density at radius 1 is 0.654 bits per heavy atom. The van der Waals surface area contributed by atoms with Crippen LogP contribution in [0.15, 0.2) is 77.7 Å². The monoisotopic (exact) mass is 364 g/mol. The van der Waals surface area contributed by atoms with E-state index in [1.807, 2.05) is 64.1 Å². The number of halogens is 1. The Kier molecular flexibility index (Phi) is 7.23. The second-order valence-corrected chi connectivity index (χ2v) is 5.83. The second-order valence-electron chi connectivity index (χ2n) is 5.35. The molecule has 0 unspecified atom stereocenters.